The second-order valence-electron chi connectivity index (χ2n) is 5.53. The van der Waals surface area contributed by atoms with Gasteiger partial charge in [-0.2, -0.15) is 5.10 Å². The summed E-state index contributed by atoms with van der Waals surface area (Å²) < 4.78 is 10.3. The van der Waals surface area contributed by atoms with Crippen LogP contribution >= 0.6 is 0 Å². The molecule has 0 spiro atoms. The van der Waals surface area contributed by atoms with Crippen molar-refractivity contribution in [3.63, 3.8) is 0 Å². The fourth-order valence-electron chi connectivity index (χ4n) is 2.33. The van der Waals surface area contributed by atoms with Crippen molar-refractivity contribution in [2.75, 3.05) is 19.5 Å². The Morgan fingerprint density at radius 2 is 1.62 bits per heavy atom. The van der Waals surface area contributed by atoms with Gasteiger partial charge in [0.15, 0.2) is 11.5 Å². The molecule has 0 heterocycles. The molecule has 2 N–H and O–H groups in total. The maximum Gasteiger partial charge on any atom is 0.329 e. The number of hydrogen-bond donors (Lipinski definition) is 2. The van der Waals surface area contributed by atoms with Crippen LogP contribution in [0.1, 0.15) is 16.7 Å². The van der Waals surface area contributed by atoms with Crippen LogP contribution in [0.15, 0.2) is 41.5 Å². The summed E-state index contributed by atoms with van der Waals surface area (Å²) >= 11 is 0. The van der Waals surface area contributed by atoms with Gasteiger partial charge in [-0.1, -0.05) is 18.2 Å². The fourth-order valence-corrected chi connectivity index (χ4v) is 2.33. The van der Waals surface area contributed by atoms with Crippen molar-refractivity contribution in [2.24, 2.45) is 5.10 Å². The molecule has 0 aliphatic heterocycles. The summed E-state index contributed by atoms with van der Waals surface area (Å²) in [7, 11) is 3.07. The molecule has 0 bridgehead atoms. The van der Waals surface area contributed by atoms with Crippen LogP contribution in [0.25, 0.3) is 0 Å². The highest BCUT2D eigenvalue weighted by atomic mass is 16.5. The van der Waals surface area contributed by atoms with E-state index in [2.05, 4.69) is 15.8 Å². The summed E-state index contributed by atoms with van der Waals surface area (Å²) in [5, 5.41) is 6.40. The number of hydrazone groups is 1. The average Bonchev–Trinajstić information content (AvgIpc) is 2.64. The van der Waals surface area contributed by atoms with E-state index in [1.807, 2.05) is 32.0 Å². The van der Waals surface area contributed by atoms with Gasteiger partial charge in [-0.15, -0.1) is 0 Å². The number of nitrogens with zero attached hydrogens (tertiary/aromatic N) is 1. The lowest BCUT2D eigenvalue weighted by atomic mass is 10.1. The van der Waals surface area contributed by atoms with Crippen molar-refractivity contribution in [3.05, 3.63) is 53.1 Å². The summed E-state index contributed by atoms with van der Waals surface area (Å²) in [4.78, 5) is 23.9. The molecule has 0 aromatic heterocycles. The minimum absolute atomic E-state index is 0.538. The Morgan fingerprint density at radius 3 is 2.23 bits per heavy atom. The van der Waals surface area contributed by atoms with Gasteiger partial charge in [0.1, 0.15) is 0 Å². The van der Waals surface area contributed by atoms with Gasteiger partial charge in [-0.05, 0) is 48.7 Å². The summed E-state index contributed by atoms with van der Waals surface area (Å²) in [5.41, 5.74) is 5.25. The van der Waals surface area contributed by atoms with Crippen molar-refractivity contribution in [1.29, 1.82) is 0 Å². The molecule has 0 fully saturated rings. The first-order valence-corrected chi connectivity index (χ1v) is 7.89. The Balaban J connectivity index is 1.99. The van der Waals surface area contributed by atoms with Crippen LogP contribution in [0.5, 0.6) is 11.5 Å². The topological polar surface area (TPSA) is 89.0 Å². The lowest BCUT2D eigenvalue weighted by molar-refractivity contribution is -0.136. The second kappa shape index (κ2) is 8.66. The molecule has 2 aromatic carbocycles. The van der Waals surface area contributed by atoms with E-state index < -0.39 is 11.8 Å². The van der Waals surface area contributed by atoms with E-state index in [1.165, 1.54) is 13.3 Å². The lowest BCUT2D eigenvalue weighted by Crippen LogP contribution is -2.32. The van der Waals surface area contributed by atoms with Crippen LogP contribution in [0.4, 0.5) is 5.69 Å². The van der Waals surface area contributed by atoms with Crippen LogP contribution < -0.4 is 20.2 Å². The molecule has 26 heavy (non-hydrogen) atoms. The van der Waals surface area contributed by atoms with E-state index in [9.17, 15) is 9.59 Å². The zero-order valence-electron chi connectivity index (χ0n) is 15.1. The maximum absolute atomic E-state index is 12.0. The SMILES string of the molecule is COc1ccc(/C=N\NC(=O)C(=O)Nc2c(C)cccc2C)cc1OC. The molecule has 2 amide bonds. The van der Waals surface area contributed by atoms with Crippen molar-refractivity contribution in [1.82, 2.24) is 5.43 Å². The molecule has 0 aliphatic rings. The van der Waals surface area contributed by atoms with Gasteiger partial charge in [0.2, 0.25) is 0 Å². The van der Waals surface area contributed by atoms with E-state index in [1.54, 1.807) is 25.3 Å². The van der Waals surface area contributed by atoms with Crippen molar-refractivity contribution in [2.45, 2.75) is 13.8 Å². The van der Waals surface area contributed by atoms with Crippen LogP contribution in [0.2, 0.25) is 0 Å². The quantitative estimate of drug-likeness (QED) is 0.490. The van der Waals surface area contributed by atoms with Gasteiger partial charge in [-0.25, -0.2) is 5.43 Å². The Hall–Kier alpha value is -3.35. The number of nitrogens with one attached hydrogen (secondary N) is 2. The number of carbonyl (C=O) groups is 2. The zero-order valence-corrected chi connectivity index (χ0v) is 15.1. The molecule has 7 heteroatoms. The Labute approximate surface area is 152 Å². The molecule has 0 saturated carbocycles. The van der Waals surface area contributed by atoms with Crippen molar-refractivity contribution in [3.8, 4) is 11.5 Å². The van der Waals surface area contributed by atoms with Crippen molar-refractivity contribution < 1.29 is 19.1 Å². The lowest BCUT2D eigenvalue weighted by Gasteiger charge is -2.10. The third-order valence-electron chi connectivity index (χ3n) is 3.71. The third-order valence-corrected chi connectivity index (χ3v) is 3.71. The van der Waals surface area contributed by atoms with Gasteiger partial charge in [-0.3, -0.25) is 9.59 Å². The predicted molar refractivity (Wildman–Crippen MR) is 99.8 cm³/mol. The van der Waals surface area contributed by atoms with Gasteiger partial charge in [0.25, 0.3) is 0 Å². The highest BCUT2D eigenvalue weighted by Crippen LogP contribution is 2.26. The van der Waals surface area contributed by atoms with Crippen LogP contribution in [0.3, 0.4) is 0 Å². The van der Waals surface area contributed by atoms with Crippen LogP contribution in [0, 0.1) is 13.8 Å². The molecular weight excluding hydrogens is 334 g/mol. The summed E-state index contributed by atoms with van der Waals surface area (Å²) in [6, 6.07) is 10.8. The fraction of sp³-hybridized carbons (Fsp3) is 0.211. The average molecular weight is 355 g/mol. The molecule has 2 aromatic rings. The van der Waals surface area contributed by atoms with E-state index in [4.69, 9.17) is 9.47 Å². The number of carbonyl (C=O) groups excluding carboxylic acids is 2. The highest BCUT2D eigenvalue weighted by molar-refractivity contribution is 6.39. The number of para-hydroxylation sites is 1. The molecule has 136 valence electrons. The van der Waals surface area contributed by atoms with E-state index >= 15 is 0 Å². The van der Waals surface area contributed by atoms with Gasteiger partial charge >= 0.3 is 11.8 Å². The Morgan fingerprint density at radius 1 is 0.962 bits per heavy atom. The molecule has 0 aliphatic carbocycles. The molecule has 0 atom stereocenters. The van der Waals surface area contributed by atoms with Crippen LogP contribution in [-0.2, 0) is 9.59 Å². The first-order chi connectivity index (χ1) is 12.5. The van der Waals surface area contributed by atoms with Crippen LogP contribution in [-0.4, -0.2) is 32.2 Å². The third kappa shape index (κ3) is 4.60. The van der Waals surface area contributed by atoms with E-state index in [0.29, 0.717) is 22.7 Å². The van der Waals surface area contributed by atoms with E-state index in [-0.39, 0.29) is 0 Å². The molecule has 0 saturated heterocycles. The number of aryl methyl sites for hydroxylation is 2. The first-order valence-electron chi connectivity index (χ1n) is 7.89. The largest absolute Gasteiger partial charge is 0.493 e. The normalized spacial score (nSPS) is 10.5. The highest BCUT2D eigenvalue weighted by Gasteiger charge is 2.15. The standard InChI is InChI=1S/C19H21N3O4/c1-12-6-5-7-13(2)17(12)21-18(23)19(24)22-20-11-14-8-9-15(25-3)16(10-14)26-4/h5-11H,1-4H3,(H,21,23)(H,22,24)/b20-11-. The summed E-state index contributed by atoms with van der Waals surface area (Å²) in [6.07, 6.45) is 1.41. The number of benzene rings is 2. The minimum atomic E-state index is -0.857. The maximum atomic E-state index is 12.0. The van der Waals surface area contributed by atoms with Gasteiger partial charge < -0.3 is 14.8 Å². The Bertz CT molecular complexity index is 826. The molecular formula is C19H21N3O4. The molecule has 0 radical (unpaired) electrons. The zero-order chi connectivity index (χ0) is 19.1. The number of anilines is 1. The minimum Gasteiger partial charge on any atom is -0.493 e. The molecule has 2 rings (SSSR count). The molecule has 7 nitrogen and oxygen atoms in total. The second-order valence-corrected chi connectivity index (χ2v) is 5.53. The number of hydrogen-bond acceptors (Lipinski definition) is 5. The van der Waals surface area contributed by atoms with Gasteiger partial charge in [0, 0.05) is 5.69 Å². The number of amides is 2. The Kier molecular flexibility index (Phi) is 6.32. The predicted octanol–water partition coefficient (Wildman–Crippen LogP) is 2.41. The van der Waals surface area contributed by atoms with E-state index in [0.717, 1.165) is 11.1 Å². The van der Waals surface area contributed by atoms with Crippen molar-refractivity contribution >= 4 is 23.7 Å². The summed E-state index contributed by atoms with van der Waals surface area (Å²) in [6.45, 7) is 3.71. The monoisotopic (exact) mass is 355 g/mol. The first kappa shape index (κ1) is 19.0. The number of rotatable bonds is 5. The number of ether oxygens (including phenoxy) is 2. The van der Waals surface area contributed by atoms with Gasteiger partial charge in [0.05, 0.1) is 20.4 Å². The number of methoxy groups -OCH3 is 2. The smallest absolute Gasteiger partial charge is 0.329 e. The molecule has 0 unspecified atom stereocenters. The summed E-state index contributed by atoms with van der Waals surface area (Å²) in [5.74, 6) is -0.520.